The molecule has 0 aliphatic rings. The molecule has 0 radical (unpaired) electrons. The summed E-state index contributed by atoms with van der Waals surface area (Å²) in [4.78, 5) is 12.4. The number of nitrogens with one attached hydrogen (secondary N) is 1. The minimum atomic E-state index is -0.932. The molecule has 0 aliphatic carbocycles. The van der Waals surface area contributed by atoms with Crippen molar-refractivity contribution in [1.82, 2.24) is 5.32 Å². The Bertz CT molecular complexity index is 779. The molecule has 0 saturated carbocycles. The molecule has 0 saturated heterocycles. The van der Waals surface area contributed by atoms with Gasteiger partial charge in [-0.3, -0.25) is 4.79 Å². The lowest BCUT2D eigenvalue weighted by Gasteiger charge is -2.21. The number of rotatable bonds is 39. The van der Waals surface area contributed by atoms with Crippen LogP contribution in [0.4, 0.5) is 0 Å². The summed E-state index contributed by atoms with van der Waals surface area (Å²) in [5.74, 6) is -0.324. The van der Waals surface area contributed by atoms with Crippen LogP contribution in [0.1, 0.15) is 219 Å². The average Bonchev–Trinajstić information content (AvgIpc) is 3.11. The molecule has 294 valence electrons. The van der Waals surface area contributed by atoms with Gasteiger partial charge in [0, 0.05) is 0 Å². The number of hydrogen-bond acceptors (Lipinski definition) is 4. The Balaban J connectivity index is 3.69. The maximum Gasteiger partial charge on any atom is 0.222 e. The van der Waals surface area contributed by atoms with Crippen LogP contribution in [-0.4, -0.2) is 46.1 Å². The van der Waals surface area contributed by atoms with Crippen LogP contribution in [-0.2, 0) is 4.79 Å². The third kappa shape index (κ3) is 36.4. The van der Waals surface area contributed by atoms with Gasteiger partial charge in [0.1, 0.15) is 0 Å². The zero-order chi connectivity index (χ0) is 36.6. The lowest BCUT2D eigenvalue weighted by atomic mass is 10.0. The fourth-order valence-electron chi connectivity index (χ4n) is 6.55. The maximum absolute atomic E-state index is 12.4. The van der Waals surface area contributed by atoms with E-state index in [1.165, 1.54) is 148 Å². The Labute approximate surface area is 311 Å². The van der Waals surface area contributed by atoms with Crippen molar-refractivity contribution in [2.75, 3.05) is 6.61 Å². The number of carbonyl (C=O) groups excluding carboxylic acids is 1. The molecule has 0 heterocycles. The summed E-state index contributed by atoms with van der Waals surface area (Å²) in [7, 11) is 0. The van der Waals surface area contributed by atoms with Crippen molar-refractivity contribution in [2.45, 2.75) is 238 Å². The zero-order valence-corrected chi connectivity index (χ0v) is 33.3. The molecule has 0 fully saturated rings. The summed E-state index contributed by atoms with van der Waals surface area (Å²) in [6.07, 6.45) is 49.9. The third-order valence-corrected chi connectivity index (χ3v) is 9.92. The van der Waals surface area contributed by atoms with E-state index in [1.54, 1.807) is 6.08 Å². The van der Waals surface area contributed by atoms with Gasteiger partial charge in [-0.15, -0.1) is 0 Å². The predicted molar refractivity (Wildman–Crippen MR) is 218 cm³/mol. The van der Waals surface area contributed by atoms with E-state index in [0.717, 1.165) is 44.9 Å². The molecular weight excluding hydrogens is 618 g/mol. The van der Waals surface area contributed by atoms with Gasteiger partial charge in [-0.1, -0.05) is 198 Å². The van der Waals surface area contributed by atoms with Crippen LogP contribution in [0.2, 0.25) is 0 Å². The number of unbranched alkanes of at least 4 members (excludes halogenated alkanes) is 26. The van der Waals surface area contributed by atoms with Crippen LogP contribution in [0.3, 0.4) is 0 Å². The van der Waals surface area contributed by atoms with Gasteiger partial charge in [0.25, 0.3) is 0 Å². The van der Waals surface area contributed by atoms with Gasteiger partial charge in [-0.05, 0) is 51.4 Å². The number of aliphatic hydroxyl groups excluding tert-OH is 3. The van der Waals surface area contributed by atoms with Crippen molar-refractivity contribution >= 4 is 5.91 Å². The zero-order valence-electron chi connectivity index (χ0n) is 33.3. The molecule has 5 nitrogen and oxygen atoms in total. The molecule has 0 rings (SSSR count). The molecule has 0 aromatic rings. The van der Waals surface area contributed by atoms with Crippen LogP contribution in [0, 0.1) is 0 Å². The summed E-state index contributed by atoms with van der Waals surface area (Å²) in [5.41, 5.74) is 0. The topological polar surface area (TPSA) is 89.8 Å². The van der Waals surface area contributed by atoms with Crippen molar-refractivity contribution in [3.05, 3.63) is 36.5 Å². The highest BCUT2D eigenvalue weighted by atomic mass is 16.3. The van der Waals surface area contributed by atoms with Crippen LogP contribution >= 0.6 is 0 Å². The smallest absolute Gasteiger partial charge is 0.222 e. The summed E-state index contributed by atoms with van der Waals surface area (Å²) >= 11 is 0. The van der Waals surface area contributed by atoms with Gasteiger partial charge >= 0.3 is 0 Å². The van der Waals surface area contributed by atoms with Crippen molar-refractivity contribution in [1.29, 1.82) is 0 Å². The Hall–Kier alpha value is -1.43. The Morgan fingerprint density at radius 1 is 0.520 bits per heavy atom. The number of allylic oxidation sites excluding steroid dienone is 5. The molecule has 5 heteroatoms. The lowest BCUT2D eigenvalue weighted by molar-refractivity contribution is -0.124. The quantitative estimate of drug-likeness (QED) is 0.0379. The molecule has 50 heavy (non-hydrogen) atoms. The number of carbonyl (C=O) groups is 1. The number of aliphatic hydroxyl groups is 3. The van der Waals surface area contributed by atoms with Crippen molar-refractivity contribution in [2.24, 2.45) is 0 Å². The predicted octanol–water partition coefficient (Wildman–Crippen LogP) is 12.4. The monoisotopic (exact) mass is 704 g/mol. The molecule has 3 unspecified atom stereocenters. The first kappa shape index (κ1) is 48.6. The molecule has 0 aromatic heterocycles. The van der Waals surface area contributed by atoms with Crippen LogP contribution in [0.5, 0.6) is 0 Å². The largest absolute Gasteiger partial charge is 0.394 e. The molecule has 0 aliphatic heterocycles. The van der Waals surface area contributed by atoms with Crippen LogP contribution in [0.15, 0.2) is 36.5 Å². The maximum atomic E-state index is 12.4. The van der Waals surface area contributed by atoms with Crippen molar-refractivity contribution < 1.29 is 20.1 Å². The summed E-state index contributed by atoms with van der Waals surface area (Å²) in [6.45, 7) is 4.18. The van der Waals surface area contributed by atoms with E-state index in [9.17, 15) is 20.1 Å². The average molecular weight is 704 g/mol. The number of amides is 1. The highest BCUT2D eigenvalue weighted by molar-refractivity contribution is 5.76. The fourth-order valence-corrected chi connectivity index (χ4v) is 6.55. The van der Waals surface area contributed by atoms with E-state index < -0.39 is 18.2 Å². The normalized spacial score (nSPS) is 13.9. The Kier molecular flexibility index (Phi) is 39.2. The first-order valence-corrected chi connectivity index (χ1v) is 21.8. The van der Waals surface area contributed by atoms with Gasteiger partial charge in [0.2, 0.25) is 5.91 Å². The summed E-state index contributed by atoms with van der Waals surface area (Å²) in [6, 6.07) is -0.748. The highest BCUT2D eigenvalue weighted by Gasteiger charge is 2.20. The van der Waals surface area contributed by atoms with Crippen LogP contribution < -0.4 is 5.32 Å². The van der Waals surface area contributed by atoms with Crippen molar-refractivity contribution in [3.8, 4) is 0 Å². The van der Waals surface area contributed by atoms with Gasteiger partial charge in [-0.25, -0.2) is 0 Å². The SMILES string of the molecule is CCCCC/C=C\C/C=C\CCCCCCCC(O)CC(=O)NC(CO)C(O)/C=C/CCCCCCCCCCCCCCCCCCCC. The van der Waals surface area contributed by atoms with E-state index in [2.05, 4.69) is 43.5 Å². The van der Waals surface area contributed by atoms with E-state index in [-0.39, 0.29) is 18.9 Å². The van der Waals surface area contributed by atoms with Crippen LogP contribution in [0.25, 0.3) is 0 Å². The number of hydrogen-bond donors (Lipinski definition) is 4. The molecule has 4 N–H and O–H groups in total. The van der Waals surface area contributed by atoms with E-state index in [1.807, 2.05) is 6.08 Å². The van der Waals surface area contributed by atoms with E-state index >= 15 is 0 Å². The summed E-state index contributed by atoms with van der Waals surface area (Å²) < 4.78 is 0. The minimum Gasteiger partial charge on any atom is -0.394 e. The fraction of sp³-hybridized carbons (Fsp3) is 0.844. The van der Waals surface area contributed by atoms with Gasteiger partial charge in [-0.2, -0.15) is 0 Å². The van der Waals surface area contributed by atoms with Gasteiger partial charge in [0.15, 0.2) is 0 Å². The molecule has 1 amide bonds. The molecule has 3 atom stereocenters. The van der Waals surface area contributed by atoms with E-state index in [4.69, 9.17) is 0 Å². The van der Waals surface area contributed by atoms with Crippen molar-refractivity contribution in [3.63, 3.8) is 0 Å². The molecule has 0 spiro atoms. The minimum absolute atomic E-state index is 0.00406. The Morgan fingerprint density at radius 3 is 1.36 bits per heavy atom. The standard InChI is InChI=1S/C45H85NO4/c1-3-5-7-9-11-13-15-17-19-20-21-22-23-25-27-29-31-33-35-37-39-44(49)43(41-47)46-45(50)40-42(48)38-36-34-32-30-28-26-24-18-16-14-12-10-8-6-4-2/h12,14,18,24,37,39,42-44,47-49H,3-11,13,15-17,19-23,25-36,38,40-41H2,1-2H3,(H,46,50)/b14-12-,24-18-,39-37+. The second kappa shape index (κ2) is 40.3. The summed E-state index contributed by atoms with van der Waals surface area (Å²) in [5, 5.41) is 33.2. The second-order valence-corrected chi connectivity index (χ2v) is 15.0. The third-order valence-electron chi connectivity index (χ3n) is 9.92. The first-order chi connectivity index (χ1) is 24.5. The molecule has 0 aromatic carbocycles. The Morgan fingerprint density at radius 2 is 0.900 bits per heavy atom. The van der Waals surface area contributed by atoms with Gasteiger partial charge in [0.05, 0.1) is 31.3 Å². The lowest BCUT2D eigenvalue weighted by Crippen LogP contribution is -2.45. The van der Waals surface area contributed by atoms with E-state index in [0.29, 0.717) is 6.42 Å². The van der Waals surface area contributed by atoms with Gasteiger partial charge < -0.3 is 20.6 Å². The first-order valence-electron chi connectivity index (χ1n) is 21.8. The highest BCUT2D eigenvalue weighted by Crippen LogP contribution is 2.15. The molecular formula is C45H85NO4. The molecule has 0 bridgehead atoms. The second-order valence-electron chi connectivity index (χ2n) is 15.0.